The SMILES string of the molecule is c1ccc([Si](c2ccccc2)(c2ccccc2)c2cccc(-c3nc(-c4cccc5ccccc45)nc(-c4cccc5oc6ccccc6c45)n3)c2)cc1. The first kappa shape index (κ1) is 31.8. The number of para-hydroxylation sites is 1. The van der Waals surface area contributed by atoms with E-state index in [0.717, 1.165) is 49.4 Å². The molecule has 0 radical (unpaired) electrons. The van der Waals surface area contributed by atoms with Gasteiger partial charge in [-0.2, -0.15) is 0 Å². The molecular weight excluding hydrogens is 675 g/mol. The van der Waals surface area contributed by atoms with Gasteiger partial charge in [0.2, 0.25) is 0 Å². The van der Waals surface area contributed by atoms with E-state index in [2.05, 4.69) is 170 Å². The molecule has 10 rings (SSSR count). The first-order valence-electron chi connectivity index (χ1n) is 18.2. The van der Waals surface area contributed by atoms with Gasteiger partial charge >= 0.3 is 0 Å². The Morgan fingerprint density at radius 2 is 0.833 bits per heavy atom. The molecule has 2 heterocycles. The van der Waals surface area contributed by atoms with Crippen LogP contribution in [-0.4, -0.2) is 23.0 Å². The van der Waals surface area contributed by atoms with Crippen molar-refractivity contribution in [1.29, 1.82) is 0 Å². The number of benzene rings is 8. The van der Waals surface area contributed by atoms with Crippen LogP contribution in [0.3, 0.4) is 0 Å². The summed E-state index contributed by atoms with van der Waals surface area (Å²) in [4.78, 5) is 15.8. The zero-order chi connectivity index (χ0) is 35.9. The largest absolute Gasteiger partial charge is 0.456 e. The maximum Gasteiger partial charge on any atom is 0.179 e. The normalized spacial score (nSPS) is 11.7. The summed E-state index contributed by atoms with van der Waals surface area (Å²) in [5, 5.41) is 9.43. The Labute approximate surface area is 314 Å². The molecule has 0 atom stereocenters. The van der Waals surface area contributed by atoms with Crippen LogP contribution in [0.2, 0.25) is 0 Å². The van der Waals surface area contributed by atoms with Crippen molar-refractivity contribution < 1.29 is 4.42 Å². The Kier molecular flexibility index (Phi) is 7.78. The van der Waals surface area contributed by atoms with Crippen LogP contribution in [0.15, 0.2) is 205 Å². The van der Waals surface area contributed by atoms with E-state index in [1.807, 2.05) is 30.3 Å². The Balaban J connectivity index is 1.25. The summed E-state index contributed by atoms with van der Waals surface area (Å²) in [6, 6.07) is 70.8. The van der Waals surface area contributed by atoms with Crippen molar-refractivity contribution in [2.75, 3.05) is 0 Å². The first-order chi connectivity index (χ1) is 26.8. The molecule has 8 aromatic carbocycles. The fraction of sp³-hybridized carbons (Fsp3) is 0. The predicted octanol–water partition coefficient (Wildman–Crippen LogP) is 9.30. The van der Waals surface area contributed by atoms with Crippen molar-refractivity contribution in [1.82, 2.24) is 15.0 Å². The second-order valence-corrected chi connectivity index (χ2v) is 17.3. The number of nitrogens with zero attached hydrogens (tertiary/aromatic N) is 3. The highest BCUT2D eigenvalue weighted by atomic mass is 28.3. The van der Waals surface area contributed by atoms with Crippen molar-refractivity contribution in [2.24, 2.45) is 0 Å². The third-order valence-corrected chi connectivity index (χ3v) is 15.3. The van der Waals surface area contributed by atoms with Gasteiger partial charge in [0.1, 0.15) is 11.2 Å². The summed E-state index contributed by atoms with van der Waals surface area (Å²) in [6.07, 6.45) is 0. The minimum absolute atomic E-state index is 0.600. The minimum Gasteiger partial charge on any atom is -0.456 e. The van der Waals surface area contributed by atoms with Gasteiger partial charge in [0.05, 0.1) is 0 Å². The highest BCUT2D eigenvalue weighted by Gasteiger charge is 2.41. The molecule has 254 valence electrons. The van der Waals surface area contributed by atoms with Crippen LogP contribution >= 0.6 is 0 Å². The zero-order valence-corrected chi connectivity index (χ0v) is 30.3. The molecule has 0 N–H and O–H groups in total. The monoisotopic (exact) mass is 707 g/mol. The summed E-state index contributed by atoms with van der Waals surface area (Å²) in [6.45, 7) is 0. The Morgan fingerprint density at radius 1 is 0.352 bits per heavy atom. The van der Waals surface area contributed by atoms with Crippen LogP contribution in [0.5, 0.6) is 0 Å². The number of fused-ring (bicyclic) bond motifs is 4. The van der Waals surface area contributed by atoms with Crippen molar-refractivity contribution in [3.05, 3.63) is 200 Å². The van der Waals surface area contributed by atoms with Crippen LogP contribution < -0.4 is 20.7 Å². The molecule has 4 nitrogen and oxygen atoms in total. The van der Waals surface area contributed by atoms with Crippen LogP contribution in [0, 0.1) is 0 Å². The first-order valence-corrected chi connectivity index (χ1v) is 20.2. The van der Waals surface area contributed by atoms with Crippen LogP contribution in [0.4, 0.5) is 0 Å². The van der Waals surface area contributed by atoms with Gasteiger partial charge in [-0.25, -0.2) is 15.0 Å². The van der Waals surface area contributed by atoms with Crippen LogP contribution in [0.1, 0.15) is 0 Å². The summed E-state index contributed by atoms with van der Waals surface area (Å²) in [5.41, 5.74) is 4.43. The average molecular weight is 708 g/mol. The van der Waals surface area contributed by atoms with Crippen LogP contribution in [0.25, 0.3) is 66.9 Å². The minimum atomic E-state index is -2.80. The summed E-state index contributed by atoms with van der Waals surface area (Å²) in [7, 11) is -2.80. The molecule has 0 spiro atoms. The topological polar surface area (TPSA) is 51.8 Å². The van der Waals surface area contributed by atoms with Crippen molar-refractivity contribution in [3.63, 3.8) is 0 Å². The second-order valence-electron chi connectivity index (χ2n) is 13.5. The fourth-order valence-corrected chi connectivity index (χ4v) is 12.9. The molecule has 0 aliphatic carbocycles. The molecule has 2 aromatic heterocycles. The van der Waals surface area contributed by atoms with E-state index in [0.29, 0.717) is 17.5 Å². The van der Waals surface area contributed by atoms with Gasteiger partial charge in [-0.1, -0.05) is 188 Å². The number of hydrogen-bond acceptors (Lipinski definition) is 4. The molecule has 0 fully saturated rings. The third kappa shape index (κ3) is 5.25. The molecule has 54 heavy (non-hydrogen) atoms. The van der Waals surface area contributed by atoms with Gasteiger partial charge in [0.15, 0.2) is 25.5 Å². The van der Waals surface area contributed by atoms with Crippen molar-refractivity contribution in [3.8, 4) is 34.2 Å². The lowest BCUT2D eigenvalue weighted by molar-refractivity contribution is 0.669. The van der Waals surface area contributed by atoms with Gasteiger partial charge in [-0.05, 0) is 43.7 Å². The van der Waals surface area contributed by atoms with Gasteiger partial charge in [0.25, 0.3) is 0 Å². The third-order valence-electron chi connectivity index (χ3n) is 10.5. The van der Waals surface area contributed by atoms with Gasteiger partial charge in [0, 0.05) is 27.5 Å². The number of furan rings is 1. The molecule has 5 heteroatoms. The van der Waals surface area contributed by atoms with Crippen molar-refractivity contribution in [2.45, 2.75) is 0 Å². The molecule has 0 unspecified atom stereocenters. The smallest absolute Gasteiger partial charge is 0.179 e. The number of hydrogen-bond donors (Lipinski definition) is 0. The molecule has 0 aliphatic rings. The molecule has 0 bridgehead atoms. The summed E-state index contributed by atoms with van der Waals surface area (Å²) in [5.74, 6) is 1.84. The number of aromatic nitrogens is 3. The molecule has 0 amide bonds. The lowest BCUT2D eigenvalue weighted by atomic mass is 10.0. The van der Waals surface area contributed by atoms with Crippen LogP contribution in [-0.2, 0) is 0 Å². The zero-order valence-electron chi connectivity index (χ0n) is 29.3. The van der Waals surface area contributed by atoms with E-state index in [4.69, 9.17) is 19.4 Å². The predicted molar refractivity (Wildman–Crippen MR) is 225 cm³/mol. The maximum absolute atomic E-state index is 6.31. The van der Waals surface area contributed by atoms with Gasteiger partial charge in [-0.15, -0.1) is 0 Å². The molecule has 0 saturated carbocycles. The molecule has 10 aromatic rings. The van der Waals surface area contributed by atoms with Gasteiger partial charge in [-0.3, -0.25) is 0 Å². The average Bonchev–Trinajstić information content (AvgIpc) is 3.64. The van der Waals surface area contributed by atoms with E-state index in [9.17, 15) is 0 Å². The molecule has 0 saturated heterocycles. The fourth-order valence-electron chi connectivity index (χ4n) is 8.08. The van der Waals surface area contributed by atoms with E-state index in [1.165, 1.54) is 20.7 Å². The van der Waals surface area contributed by atoms with Crippen molar-refractivity contribution >= 4 is 61.5 Å². The summed E-state index contributed by atoms with van der Waals surface area (Å²) >= 11 is 0. The Hall–Kier alpha value is -6.95. The maximum atomic E-state index is 6.31. The second kappa shape index (κ2) is 13.2. The highest BCUT2D eigenvalue weighted by molar-refractivity contribution is 7.19. The standard InChI is InChI=1S/C49H33N3OSi/c1-4-20-36(21-5-1)54(37-22-6-2-7-23-37,38-24-8-3-9-25-38)39-26-14-19-35(33-39)47-50-48(41-29-15-18-34-17-10-11-27-40(34)41)52-49(51-47)43-30-16-32-45-46(43)42-28-12-13-31-44(42)53-45/h1-33H. The summed E-state index contributed by atoms with van der Waals surface area (Å²) < 4.78 is 6.31. The Bertz CT molecular complexity index is 2840. The van der Waals surface area contributed by atoms with E-state index in [1.54, 1.807) is 0 Å². The Morgan fingerprint density at radius 3 is 1.54 bits per heavy atom. The molecule has 0 aliphatic heterocycles. The molecular formula is C49H33N3OSi. The lowest BCUT2D eigenvalue weighted by Gasteiger charge is -2.34. The quantitative estimate of drug-likeness (QED) is 0.122. The van der Waals surface area contributed by atoms with E-state index in [-0.39, 0.29) is 0 Å². The van der Waals surface area contributed by atoms with E-state index >= 15 is 0 Å². The lowest BCUT2D eigenvalue weighted by Crippen LogP contribution is -2.74. The highest BCUT2D eigenvalue weighted by Crippen LogP contribution is 2.37. The van der Waals surface area contributed by atoms with E-state index < -0.39 is 8.07 Å². The van der Waals surface area contributed by atoms with Gasteiger partial charge < -0.3 is 4.42 Å². The number of rotatable bonds is 7.